The Morgan fingerprint density at radius 1 is 1.30 bits per heavy atom. The summed E-state index contributed by atoms with van der Waals surface area (Å²) < 4.78 is 0. The Balaban J connectivity index is 2.24. The van der Waals surface area contributed by atoms with Gasteiger partial charge in [0.05, 0.1) is 10.5 Å². The predicted octanol–water partition coefficient (Wildman–Crippen LogP) is 2.19. The van der Waals surface area contributed by atoms with Crippen LogP contribution < -0.4 is 10.9 Å². The number of aromatic nitrogens is 1. The maximum absolute atomic E-state index is 11.9. The van der Waals surface area contributed by atoms with Crippen LogP contribution in [0, 0.1) is 10.1 Å². The molecule has 0 aliphatic rings. The number of halogens is 1. The minimum Gasteiger partial charge on any atom is -0.328 e. The van der Waals surface area contributed by atoms with Crippen molar-refractivity contribution in [1.29, 1.82) is 0 Å². The summed E-state index contributed by atoms with van der Waals surface area (Å²) in [5.74, 6) is -0.502. The number of carbonyl (C=O) groups is 1. The Kier molecular flexibility index (Phi) is 3.81. The Labute approximate surface area is 117 Å². The van der Waals surface area contributed by atoms with E-state index >= 15 is 0 Å². The van der Waals surface area contributed by atoms with Gasteiger partial charge in [-0.05, 0) is 18.2 Å². The number of aromatic amines is 1. The number of pyridine rings is 1. The minimum atomic E-state index is -0.641. The Bertz CT molecular complexity index is 721. The van der Waals surface area contributed by atoms with Gasteiger partial charge >= 0.3 is 0 Å². The fourth-order valence-corrected chi connectivity index (χ4v) is 1.67. The number of nitro benzene ring substituents is 1. The topological polar surface area (TPSA) is 105 Å². The summed E-state index contributed by atoms with van der Waals surface area (Å²) in [5, 5.41) is 13.2. The molecule has 0 atom stereocenters. The lowest BCUT2D eigenvalue weighted by Gasteiger charge is -2.05. The van der Waals surface area contributed by atoms with Crippen molar-refractivity contribution in [1.82, 2.24) is 4.98 Å². The third kappa shape index (κ3) is 3.01. The maximum atomic E-state index is 11.9. The first-order valence-corrected chi connectivity index (χ1v) is 5.79. The molecule has 0 aliphatic carbocycles. The summed E-state index contributed by atoms with van der Waals surface area (Å²) in [6.07, 6.45) is 1.25. The van der Waals surface area contributed by atoms with Gasteiger partial charge in [-0.25, -0.2) is 0 Å². The summed E-state index contributed by atoms with van der Waals surface area (Å²) >= 11 is 5.67. The number of benzene rings is 1. The van der Waals surface area contributed by atoms with Crippen LogP contribution in [0.15, 0.2) is 41.3 Å². The van der Waals surface area contributed by atoms with Crippen molar-refractivity contribution in [2.45, 2.75) is 0 Å². The molecule has 0 saturated carbocycles. The van der Waals surface area contributed by atoms with Gasteiger partial charge in [0.2, 0.25) is 5.56 Å². The summed E-state index contributed by atoms with van der Waals surface area (Å²) in [5.41, 5.74) is -0.172. The highest BCUT2D eigenvalue weighted by Gasteiger charge is 2.14. The third-order valence-electron chi connectivity index (χ3n) is 2.45. The smallest absolute Gasteiger partial charge is 0.289 e. The lowest BCUT2D eigenvalue weighted by atomic mass is 10.2. The second kappa shape index (κ2) is 5.54. The van der Waals surface area contributed by atoms with Crippen molar-refractivity contribution in [3.63, 3.8) is 0 Å². The van der Waals surface area contributed by atoms with Gasteiger partial charge in [0.1, 0.15) is 5.02 Å². The molecule has 0 radical (unpaired) electrons. The van der Waals surface area contributed by atoms with Crippen molar-refractivity contribution >= 4 is 28.9 Å². The molecule has 102 valence electrons. The molecule has 2 aromatic rings. The number of nitrogens with zero attached hydrogens (tertiary/aromatic N) is 1. The average molecular weight is 294 g/mol. The number of anilines is 1. The van der Waals surface area contributed by atoms with Gasteiger partial charge in [-0.2, -0.15) is 0 Å². The number of rotatable bonds is 3. The first-order valence-electron chi connectivity index (χ1n) is 5.41. The first-order chi connectivity index (χ1) is 9.47. The zero-order valence-electron chi connectivity index (χ0n) is 9.92. The maximum Gasteiger partial charge on any atom is 0.289 e. The molecule has 1 heterocycles. The van der Waals surface area contributed by atoms with Gasteiger partial charge in [-0.1, -0.05) is 11.6 Å². The van der Waals surface area contributed by atoms with Crippen molar-refractivity contribution in [2.75, 3.05) is 5.32 Å². The monoisotopic (exact) mass is 293 g/mol. The van der Waals surface area contributed by atoms with E-state index in [0.717, 1.165) is 6.07 Å². The van der Waals surface area contributed by atoms with E-state index in [1.165, 1.54) is 30.5 Å². The van der Waals surface area contributed by atoms with E-state index in [4.69, 9.17) is 11.6 Å². The fraction of sp³-hybridized carbons (Fsp3) is 0. The zero-order valence-corrected chi connectivity index (χ0v) is 10.7. The molecule has 0 saturated heterocycles. The largest absolute Gasteiger partial charge is 0.328 e. The number of H-pyrrole nitrogens is 1. The molecule has 0 spiro atoms. The van der Waals surface area contributed by atoms with E-state index < -0.39 is 10.8 Å². The quantitative estimate of drug-likeness (QED) is 0.668. The standard InChI is InChI=1S/C12H8ClN3O4/c13-9-3-2-8(5-10(9)16(19)20)15-12(18)7-1-4-11(17)14-6-7/h1-6H,(H,14,17)(H,15,18). The molecule has 0 bridgehead atoms. The molecule has 2 N–H and O–H groups in total. The molecule has 7 nitrogen and oxygen atoms in total. The Morgan fingerprint density at radius 3 is 2.65 bits per heavy atom. The number of amides is 1. The van der Waals surface area contributed by atoms with E-state index in [2.05, 4.69) is 10.3 Å². The van der Waals surface area contributed by atoms with Gasteiger partial charge in [0.15, 0.2) is 0 Å². The molecule has 20 heavy (non-hydrogen) atoms. The summed E-state index contributed by atoms with van der Waals surface area (Å²) in [7, 11) is 0. The number of nitro groups is 1. The lowest BCUT2D eigenvalue weighted by molar-refractivity contribution is -0.384. The van der Waals surface area contributed by atoms with Gasteiger partial charge in [-0.3, -0.25) is 19.7 Å². The molecule has 1 aromatic carbocycles. The van der Waals surface area contributed by atoms with Crippen LogP contribution in [0.5, 0.6) is 0 Å². The van der Waals surface area contributed by atoms with Gasteiger partial charge in [0.25, 0.3) is 11.6 Å². The van der Waals surface area contributed by atoms with Crippen molar-refractivity contribution in [2.24, 2.45) is 0 Å². The van der Waals surface area contributed by atoms with E-state index in [1.54, 1.807) is 0 Å². The van der Waals surface area contributed by atoms with Gasteiger partial charge < -0.3 is 10.3 Å². The highest BCUT2D eigenvalue weighted by molar-refractivity contribution is 6.32. The Morgan fingerprint density at radius 2 is 2.05 bits per heavy atom. The van der Waals surface area contributed by atoms with E-state index in [-0.39, 0.29) is 27.5 Å². The van der Waals surface area contributed by atoms with E-state index in [1.807, 2.05) is 0 Å². The van der Waals surface area contributed by atoms with Crippen molar-refractivity contribution in [3.8, 4) is 0 Å². The first kappa shape index (κ1) is 13.8. The van der Waals surface area contributed by atoms with Crippen LogP contribution in [-0.2, 0) is 0 Å². The highest BCUT2D eigenvalue weighted by atomic mass is 35.5. The summed E-state index contributed by atoms with van der Waals surface area (Å²) in [4.78, 5) is 35.2. The van der Waals surface area contributed by atoms with Crippen LogP contribution >= 0.6 is 11.6 Å². The van der Waals surface area contributed by atoms with Crippen LogP contribution in [0.2, 0.25) is 5.02 Å². The molecule has 8 heteroatoms. The number of hydrogen-bond acceptors (Lipinski definition) is 4. The average Bonchev–Trinajstić information content (AvgIpc) is 2.41. The fourth-order valence-electron chi connectivity index (χ4n) is 1.49. The molecular weight excluding hydrogens is 286 g/mol. The molecule has 1 amide bonds. The number of hydrogen-bond donors (Lipinski definition) is 2. The Hall–Kier alpha value is -2.67. The summed E-state index contributed by atoms with van der Waals surface area (Å²) in [6.45, 7) is 0. The zero-order chi connectivity index (χ0) is 14.7. The van der Waals surface area contributed by atoms with Crippen LogP contribution in [0.3, 0.4) is 0 Å². The molecule has 1 aromatic heterocycles. The third-order valence-corrected chi connectivity index (χ3v) is 2.77. The van der Waals surface area contributed by atoms with E-state index in [9.17, 15) is 19.7 Å². The lowest BCUT2D eigenvalue weighted by Crippen LogP contribution is -2.14. The molecule has 0 unspecified atom stereocenters. The minimum absolute atomic E-state index is 0.0166. The van der Waals surface area contributed by atoms with Crippen LogP contribution in [0.1, 0.15) is 10.4 Å². The number of nitrogens with one attached hydrogen (secondary N) is 2. The van der Waals surface area contributed by atoms with Crippen molar-refractivity contribution in [3.05, 3.63) is 67.6 Å². The van der Waals surface area contributed by atoms with Crippen molar-refractivity contribution < 1.29 is 9.72 Å². The predicted molar refractivity (Wildman–Crippen MR) is 73.1 cm³/mol. The second-order valence-corrected chi connectivity index (χ2v) is 4.23. The molecule has 0 aliphatic heterocycles. The van der Waals surface area contributed by atoms with Crippen LogP contribution in [0.4, 0.5) is 11.4 Å². The normalized spacial score (nSPS) is 10.1. The molecular formula is C12H8ClN3O4. The number of carbonyl (C=O) groups excluding carboxylic acids is 1. The molecule has 0 fully saturated rings. The van der Waals surface area contributed by atoms with Gasteiger partial charge in [-0.15, -0.1) is 0 Å². The highest BCUT2D eigenvalue weighted by Crippen LogP contribution is 2.27. The summed E-state index contributed by atoms with van der Waals surface area (Å²) in [6, 6.07) is 6.48. The van der Waals surface area contributed by atoms with Crippen LogP contribution in [0.25, 0.3) is 0 Å². The SMILES string of the molecule is O=C(Nc1ccc(Cl)c([N+](=O)[O-])c1)c1ccc(=O)[nH]c1. The van der Waals surface area contributed by atoms with Crippen LogP contribution in [-0.4, -0.2) is 15.8 Å². The van der Waals surface area contributed by atoms with Gasteiger partial charge in [0, 0.05) is 24.0 Å². The second-order valence-electron chi connectivity index (χ2n) is 3.82. The molecule has 2 rings (SSSR count). The van der Waals surface area contributed by atoms with E-state index in [0.29, 0.717) is 0 Å².